The molecule has 0 fully saturated rings. The number of unbranched alkanes of at least 4 members (excludes halogenated alkanes) is 10. The molecule has 0 aliphatic rings. The summed E-state index contributed by atoms with van der Waals surface area (Å²) in [6.45, 7) is 6.03. The van der Waals surface area contributed by atoms with Crippen molar-refractivity contribution in [2.75, 3.05) is 13.2 Å². The van der Waals surface area contributed by atoms with Crippen molar-refractivity contribution < 1.29 is 9.47 Å². The van der Waals surface area contributed by atoms with Crippen molar-refractivity contribution in [3.63, 3.8) is 0 Å². The van der Waals surface area contributed by atoms with Crippen LogP contribution in [-0.2, 0) is 0 Å². The lowest BCUT2D eigenvalue weighted by atomic mass is 10.1. The SMILES string of the molecule is CCCCCCCCOc1cc(OCCCCCCCC)c(Br)cc1Br. The second kappa shape index (κ2) is 15.8. The van der Waals surface area contributed by atoms with Crippen molar-refractivity contribution in [2.45, 2.75) is 90.9 Å². The Bertz CT molecular complexity index is 438. The first-order valence-electron chi connectivity index (χ1n) is 10.4. The molecule has 0 bridgehead atoms. The van der Waals surface area contributed by atoms with Gasteiger partial charge in [-0.2, -0.15) is 0 Å². The molecule has 0 aliphatic heterocycles. The van der Waals surface area contributed by atoms with Gasteiger partial charge in [-0.25, -0.2) is 0 Å². The van der Waals surface area contributed by atoms with Crippen LogP contribution in [0.5, 0.6) is 11.5 Å². The molecule has 0 aliphatic carbocycles. The second-order valence-electron chi connectivity index (χ2n) is 6.95. The summed E-state index contributed by atoms with van der Waals surface area (Å²) in [6.07, 6.45) is 15.3. The summed E-state index contributed by atoms with van der Waals surface area (Å²) in [5.74, 6) is 1.75. The van der Waals surface area contributed by atoms with Gasteiger partial charge in [-0.05, 0) is 50.8 Å². The monoisotopic (exact) mass is 490 g/mol. The number of hydrogen-bond acceptors (Lipinski definition) is 2. The van der Waals surface area contributed by atoms with Crippen molar-refractivity contribution in [3.05, 3.63) is 21.1 Å². The molecule has 0 saturated heterocycles. The van der Waals surface area contributed by atoms with Gasteiger partial charge in [0.15, 0.2) is 0 Å². The average Bonchev–Trinajstić information content (AvgIpc) is 2.63. The van der Waals surface area contributed by atoms with Crippen LogP contribution < -0.4 is 9.47 Å². The fraction of sp³-hybridized carbons (Fsp3) is 0.727. The highest BCUT2D eigenvalue weighted by atomic mass is 79.9. The molecular formula is C22H36Br2O2. The molecule has 0 saturated carbocycles. The standard InChI is InChI=1S/C22H36Br2O2/c1-3-5-7-9-11-13-15-25-21-18-22(20(24)17-19(21)23)26-16-14-12-10-8-6-4-2/h17-18H,3-16H2,1-2H3. The van der Waals surface area contributed by atoms with E-state index < -0.39 is 0 Å². The van der Waals surface area contributed by atoms with Gasteiger partial charge in [0.05, 0.1) is 22.2 Å². The molecule has 0 atom stereocenters. The second-order valence-corrected chi connectivity index (χ2v) is 8.65. The highest BCUT2D eigenvalue weighted by Gasteiger charge is 2.09. The van der Waals surface area contributed by atoms with Gasteiger partial charge in [0.25, 0.3) is 0 Å². The van der Waals surface area contributed by atoms with Crippen LogP contribution in [0.1, 0.15) is 90.9 Å². The van der Waals surface area contributed by atoms with Crippen LogP contribution in [0.4, 0.5) is 0 Å². The van der Waals surface area contributed by atoms with Crippen molar-refractivity contribution in [2.24, 2.45) is 0 Å². The highest BCUT2D eigenvalue weighted by molar-refractivity contribution is 9.11. The molecule has 0 N–H and O–H groups in total. The molecule has 0 heterocycles. The Hall–Kier alpha value is -0.220. The molecule has 0 aromatic heterocycles. The third-order valence-electron chi connectivity index (χ3n) is 4.50. The van der Waals surface area contributed by atoms with E-state index in [1.165, 1.54) is 64.2 Å². The minimum Gasteiger partial charge on any atom is -0.492 e. The van der Waals surface area contributed by atoms with E-state index in [-0.39, 0.29) is 0 Å². The Morgan fingerprint density at radius 2 is 0.962 bits per heavy atom. The highest BCUT2D eigenvalue weighted by Crippen LogP contribution is 2.36. The molecule has 0 spiro atoms. The van der Waals surface area contributed by atoms with Crippen LogP contribution in [-0.4, -0.2) is 13.2 Å². The van der Waals surface area contributed by atoms with Gasteiger partial charge in [0.2, 0.25) is 0 Å². The van der Waals surface area contributed by atoms with Gasteiger partial charge in [-0.1, -0.05) is 78.1 Å². The third-order valence-corrected chi connectivity index (χ3v) is 5.74. The summed E-state index contributed by atoms with van der Waals surface area (Å²) >= 11 is 7.18. The maximum Gasteiger partial charge on any atom is 0.137 e. The molecule has 0 radical (unpaired) electrons. The number of halogens is 2. The predicted octanol–water partition coefficient (Wildman–Crippen LogP) is 8.69. The van der Waals surface area contributed by atoms with Crippen LogP contribution >= 0.6 is 31.9 Å². The van der Waals surface area contributed by atoms with Crippen LogP contribution in [0.25, 0.3) is 0 Å². The normalized spacial score (nSPS) is 10.9. The molecular weight excluding hydrogens is 456 g/mol. The summed E-state index contributed by atoms with van der Waals surface area (Å²) in [5.41, 5.74) is 0. The molecule has 0 amide bonds. The number of ether oxygens (including phenoxy) is 2. The zero-order chi connectivity index (χ0) is 19.0. The Morgan fingerprint density at radius 1 is 0.577 bits per heavy atom. The first-order chi connectivity index (χ1) is 12.7. The summed E-state index contributed by atoms with van der Waals surface area (Å²) in [4.78, 5) is 0. The molecule has 26 heavy (non-hydrogen) atoms. The van der Waals surface area contributed by atoms with E-state index in [2.05, 4.69) is 45.7 Å². The van der Waals surface area contributed by atoms with E-state index in [1.54, 1.807) is 0 Å². The fourth-order valence-corrected chi connectivity index (χ4v) is 4.08. The smallest absolute Gasteiger partial charge is 0.137 e. The Balaban J connectivity index is 2.30. The Kier molecular flexibility index (Phi) is 14.5. The van der Waals surface area contributed by atoms with Gasteiger partial charge >= 0.3 is 0 Å². The summed E-state index contributed by atoms with van der Waals surface area (Å²) in [6, 6.07) is 4.02. The van der Waals surface area contributed by atoms with E-state index in [4.69, 9.17) is 9.47 Å². The van der Waals surface area contributed by atoms with Crippen LogP contribution in [0.15, 0.2) is 21.1 Å². The molecule has 1 aromatic carbocycles. The molecule has 2 nitrogen and oxygen atoms in total. The third kappa shape index (κ3) is 10.8. The van der Waals surface area contributed by atoms with Crippen LogP contribution in [0.2, 0.25) is 0 Å². The maximum absolute atomic E-state index is 5.96. The zero-order valence-electron chi connectivity index (χ0n) is 16.6. The van der Waals surface area contributed by atoms with Crippen molar-refractivity contribution in [1.29, 1.82) is 0 Å². The van der Waals surface area contributed by atoms with E-state index in [0.29, 0.717) is 0 Å². The van der Waals surface area contributed by atoms with E-state index in [1.807, 2.05) is 12.1 Å². The van der Waals surface area contributed by atoms with Crippen molar-refractivity contribution >= 4 is 31.9 Å². The summed E-state index contributed by atoms with van der Waals surface area (Å²) in [7, 11) is 0. The summed E-state index contributed by atoms with van der Waals surface area (Å²) in [5, 5.41) is 0. The Morgan fingerprint density at radius 3 is 1.38 bits per heavy atom. The minimum absolute atomic E-state index is 0.767. The van der Waals surface area contributed by atoms with Crippen LogP contribution in [0.3, 0.4) is 0 Å². The first kappa shape index (κ1) is 23.8. The van der Waals surface area contributed by atoms with Gasteiger partial charge in [-0.15, -0.1) is 0 Å². The first-order valence-corrected chi connectivity index (χ1v) is 12.0. The topological polar surface area (TPSA) is 18.5 Å². The molecule has 1 rings (SSSR count). The number of benzene rings is 1. The fourth-order valence-electron chi connectivity index (χ4n) is 2.86. The largest absolute Gasteiger partial charge is 0.492 e. The van der Waals surface area contributed by atoms with E-state index in [0.717, 1.165) is 46.5 Å². The minimum atomic E-state index is 0.767. The lowest BCUT2D eigenvalue weighted by Crippen LogP contribution is -2.01. The van der Waals surface area contributed by atoms with E-state index >= 15 is 0 Å². The predicted molar refractivity (Wildman–Crippen MR) is 120 cm³/mol. The molecule has 1 aromatic rings. The number of rotatable bonds is 16. The summed E-state index contributed by atoms with van der Waals surface area (Å²) < 4.78 is 13.9. The molecule has 0 unspecified atom stereocenters. The maximum atomic E-state index is 5.96. The van der Waals surface area contributed by atoms with Crippen molar-refractivity contribution in [3.8, 4) is 11.5 Å². The van der Waals surface area contributed by atoms with Gasteiger partial charge in [0, 0.05) is 6.07 Å². The van der Waals surface area contributed by atoms with Crippen LogP contribution in [0, 0.1) is 0 Å². The molecule has 4 heteroatoms. The Labute approximate surface area is 177 Å². The quantitative estimate of drug-likeness (QED) is 0.215. The van der Waals surface area contributed by atoms with Gasteiger partial charge in [0.1, 0.15) is 11.5 Å². The van der Waals surface area contributed by atoms with Gasteiger partial charge < -0.3 is 9.47 Å². The zero-order valence-corrected chi connectivity index (χ0v) is 19.8. The number of hydrogen-bond donors (Lipinski definition) is 0. The van der Waals surface area contributed by atoms with E-state index in [9.17, 15) is 0 Å². The average molecular weight is 492 g/mol. The molecule has 150 valence electrons. The lowest BCUT2D eigenvalue weighted by Gasteiger charge is -2.13. The van der Waals surface area contributed by atoms with Gasteiger partial charge in [-0.3, -0.25) is 0 Å². The lowest BCUT2D eigenvalue weighted by molar-refractivity contribution is 0.287. The van der Waals surface area contributed by atoms with Crippen molar-refractivity contribution in [1.82, 2.24) is 0 Å².